The monoisotopic (exact) mass is 365 g/mol. The number of pyridine rings is 1. The average molecular weight is 365 g/mol. The Morgan fingerprint density at radius 2 is 2.19 bits per heavy atom. The fourth-order valence-corrected chi connectivity index (χ4v) is 4.28. The SMILES string of the molecule is Cc1cncc(N2CCC3(CCC[C@H](NC(=O)c4ccccn4)C3)C2=O)n1. The van der Waals surface area contributed by atoms with E-state index < -0.39 is 5.41 Å². The lowest BCUT2D eigenvalue weighted by Gasteiger charge is -2.36. The lowest BCUT2D eigenvalue weighted by molar-refractivity contribution is -0.127. The minimum atomic E-state index is -0.411. The molecule has 4 rings (SSSR count). The number of aryl methyl sites for hydroxylation is 1. The maximum absolute atomic E-state index is 13.2. The van der Waals surface area contributed by atoms with Gasteiger partial charge in [0.25, 0.3) is 5.91 Å². The third kappa shape index (κ3) is 3.41. The van der Waals surface area contributed by atoms with E-state index in [1.807, 2.05) is 6.92 Å². The second-order valence-corrected chi connectivity index (χ2v) is 7.49. The Morgan fingerprint density at radius 1 is 1.30 bits per heavy atom. The summed E-state index contributed by atoms with van der Waals surface area (Å²) in [5, 5.41) is 3.07. The van der Waals surface area contributed by atoms with E-state index >= 15 is 0 Å². The highest BCUT2D eigenvalue weighted by Crippen LogP contribution is 2.45. The van der Waals surface area contributed by atoms with Crippen molar-refractivity contribution in [3.63, 3.8) is 0 Å². The van der Waals surface area contributed by atoms with Crippen LogP contribution in [0.5, 0.6) is 0 Å². The zero-order valence-corrected chi connectivity index (χ0v) is 15.4. The summed E-state index contributed by atoms with van der Waals surface area (Å²) < 4.78 is 0. The summed E-state index contributed by atoms with van der Waals surface area (Å²) in [6.45, 7) is 2.52. The number of amides is 2. The molecule has 1 aliphatic heterocycles. The van der Waals surface area contributed by atoms with Crippen LogP contribution in [0.2, 0.25) is 0 Å². The highest BCUT2D eigenvalue weighted by Gasteiger charge is 2.50. The van der Waals surface area contributed by atoms with Crippen LogP contribution in [-0.4, -0.2) is 39.4 Å². The van der Waals surface area contributed by atoms with Gasteiger partial charge in [-0.3, -0.25) is 24.5 Å². The molecule has 1 spiro atoms. The topological polar surface area (TPSA) is 88.1 Å². The molecule has 1 unspecified atom stereocenters. The molecule has 1 saturated carbocycles. The Hall–Kier alpha value is -2.83. The molecule has 3 heterocycles. The number of hydrogen-bond donors (Lipinski definition) is 1. The van der Waals surface area contributed by atoms with E-state index in [-0.39, 0.29) is 17.9 Å². The van der Waals surface area contributed by atoms with Gasteiger partial charge in [-0.25, -0.2) is 4.98 Å². The molecule has 0 aromatic carbocycles. The standard InChI is InChI=1S/C20H23N5O2/c1-14-12-21-13-17(23-14)25-10-8-20(19(25)27)7-4-5-15(11-20)24-18(26)16-6-2-3-9-22-16/h2-3,6,9,12-13,15H,4-5,7-8,10-11H2,1H3,(H,24,26)/t15-,20?/m0/s1. The van der Waals surface area contributed by atoms with Crippen molar-refractivity contribution in [3.8, 4) is 0 Å². The van der Waals surface area contributed by atoms with Crippen molar-refractivity contribution < 1.29 is 9.59 Å². The molecular formula is C20H23N5O2. The van der Waals surface area contributed by atoms with Crippen LogP contribution in [0.1, 0.15) is 48.3 Å². The number of carbonyl (C=O) groups is 2. The second kappa shape index (κ2) is 7.06. The van der Waals surface area contributed by atoms with Crippen LogP contribution in [-0.2, 0) is 4.79 Å². The van der Waals surface area contributed by atoms with Crippen molar-refractivity contribution in [2.24, 2.45) is 5.41 Å². The Labute approximate surface area is 158 Å². The van der Waals surface area contributed by atoms with Crippen LogP contribution in [0.4, 0.5) is 5.82 Å². The van der Waals surface area contributed by atoms with Gasteiger partial charge in [0.2, 0.25) is 5.91 Å². The predicted molar refractivity (Wildman–Crippen MR) is 100 cm³/mol. The molecule has 7 nitrogen and oxygen atoms in total. The third-order valence-corrected chi connectivity index (χ3v) is 5.61. The van der Waals surface area contributed by atoms with Crippen molar-refractivity contribution in [2.75, 3.05) is 11.4 Å². The van der Waals surface area contributed by atoms with Gasteiger partial charge < -0.3 is 5.32 Å². The fourth-order valence-electron chi connectivity index (χ4n) is 4.28. The van der Waals surface area contributed by atoms with Gasteiger partial charge in [0.1, 0.15) is 5.69 Å². The zero-order chi connectivity index (χ0) is 18.9. The predicted octanol–water partition coefficient (Wildman–Crippen LogP) is 2.28. The Morgan fingerprint density at radius 3 is 2.96 bits per heavy atom. The van der Waals surface area contributed by atoms with Gasteiger partial charge in [-0.1, -0.05) is 12.5 Å². The molecule has 140 valence electrons. The molecule has 0 bridgehead atoms. The quantitative estimate of drug-likeness (QED) is 0.901. The van der Waals surface area contributed by atoms with E-state index in [0.717, 1.165) is 31.4 Å². The van der Waals surface area contributed by atoms with Gasteiger partial charge >= 0.3 is 0 Å². The summed E-state index contributed by atoms with van der Waals surface area (Å²) in [6, 6.07) is 5.27. The van der Waals surface area contributed by atoms with Gasteiger partial charge in [-0.2, -0.15) is 0 Å². The van der Waals surface area contributed by atoms with Gasteiger partial charge in [-0.15, -0.1) is 0 Å². The molecule has 7 heteroatoms. The van der Waals surface area contributed by atoms with Crippen LogP contribution in [0.3, 0.4) is 0 Å². The van der Waals surface area contributed by atoms with E-state index in [0.29, 0.717) is 24.5 Å². The first-order chi connectivity index (χ1) is 13.1. The van der Waals surface area contributed by atoms with Crippen LogP contribution in [0.25, 0.3) is 0 Å². The minimum absolute atomic E-state index is 0.0132. The second-order valence-electron chi connectivity index (χ2n) is 7.49. The minimum Gasteiger partial charge on any atom is -0.348 e. The summed E-state index contributed by atoms with van der Waals surface area (Å²) in [4.78, 5) is 40.1. The molecule has 2 amide bonds. The summed E-state index contributed by atoms with van der Waals surface area (Å²) >= 11 is 0. The number of hydrogen-bond acceptors (Lipinski definition) is 5. The van der Waals surface area contributed by atoms with Crippen LogP contribution in [0.15, 0.2) is 36.8 Å². The average Bonchev–Trinajstić information content (AvgIpc) is 2.98. The molecule has 2 atom stereocenters. The van der Waals surface area contributed by atoms with Gasteiger partial charge in [-0.05, 0) is 44.7 Å². The van der Waals surface area contributed by atoms with Gasteiger partial charge in [0, 0.05) is 25.0 Å². The van der Waals surface area contributed by atoms with E-state index in [1.54, 1.807) is 41.7 Å². The maximum atomic E-state index is 13.2. The highest BCUT2D eigenvalue weighted by molar-refractivity contribution is 5.99. The van der Waals surface area contributed by atoms with Gasteiger partial charge in [0.05, 0.1) is 17.3 Å². The molecular weight excluding hydrogens is 342 g/mol. The number of nitrogens with one attached hydrogen (secondary N) is 1. The van der Waals surface area contributed by atoms with Crippen molar-refractivity contribution in [2.45, 2.75) is 45.1 Å². The molecule has 1 aliphatic carbocycles. The first kappa shape index (κ1) is 17.6. The molecule has 1 saturated heterocycles. The van der Waals surface area contributed by atoms with Crippen molar-refractivity contribution in [1.82, 2.24) is 20.3 Å². The Kier molecular flexibility index (Phi) is 4.59. The van der Waals surface area contributed by atoms with Crippen LogP contribution < -0.4 is 10.2 Å². The van der Waals surface area contributed by atoms with Crippen LogP contribution >= 0.6 is 0 Å². The van der Waals surface area contributed by atoms with Crippen molar-refractivity contribution in [1.29, 1.82) is 0 Å². The summed E-state index contributed by atoms with van der Waals surface area (Å²) in [5.74, 6) is 0.556. The molecule has 1 N–H and O–H groups in total. The normalized spacial score (nSPS) is 25.0. The first-order valence-corrected chi connectivity index (χ1v) is 9.40. The van der Waals surface area contributed by atoms with Crippen molar-refractivity contribution in [3.05, 3.63) is 48.2 Å². The number of carbonyl (C=O) groups excluding carboxylic acids is 2. The smallest absolute Gasteiger partial charge is 0.270 e. The number of anilines is 1. The van der Waals surface area contributed by atoms with E-state index in [2.05, 4.69) is 20.3 Å². The van der Waals surface area contributed by atoms with E-state index in [9.17, 15) is 9.59 Å². The number of rotatable bonds is 3. The maximum Gasteiger partial charge on any atom is 0.270 e. The molecule has 27 heavy (non-hydrogen) atoms. The molecule has 2 aromatic rings. The molecule has 2 fully saturated rings. The van der Waals surface area contributed by atoms with E-state index in [4.69, 9.17) is 0 Å². The molecule has 0 radical (unpaired) electrons. The fraction of sp³-hybridized carbons (Fsp3) is 0.450. The van der Waals surface area contributed by atoms with Crippen molar-refractivity contribution >= 4 is 17.6 Å². The van der Waals surface area contributed by atoms with Crippen LogP contribution in [0, 0.1) is 12.3 Å². The number of nitrogens with zero attached hydrogens (tertiary/aromatic N) is 4. The Balaban J connectivity index is 1.47. The number of aromatic nitrogens is 3. The Bertz CT molecular complexity index is 856. The largest absolute Gasteiger partial charge is 0.348 e. The first-order valence-electron chi connectivity index (χ1n) is 9.40. The summed E-state index contributed by atoms with van der Waals surface area (Å²) in [5.41, 5.74) is 0.795. The molecule has 2 aromatic heterocycles. The lowest BCUT2D eigenvalue weighted by Crippen LogP contribution is -2.46. The zero-order valence-electron chi connectivity index (χ0n) is 15.4. The lowest BCUT2D eigenvalue weighted by atomic mass is 9.71. The molecule has 2 aliphatic rings. The third-order valence-electron chi connectivity index (χ3n) is 5.61. The highest BCUT2D eigenvalue weighted by atomic mass is 16.2. The van der Waals surface area contributed by atoms with E-state index in [1.165, 1.54) is 0 Å². The van der Waals surface area contributed by atoms with Gasteiger partial charge in [0.15, 0.2) is 5.82 Å². The summed E-state index contributed by atoms with van der Waals surface area (Å²) in [7, 11) is 0. The summed E-state index contributed by atoms with van der Waals surface area (Å²) in [6.07, 6.45) is 9.06.